The van der Waals surface area contributed by atoms with Crippen LogP contribution in [0.4, 0.5) is 0 Å². The van der Waals surface area contributed by atoms with Crippen LogP contribution >= 0.6 is 7.82 Å². The van der Waals surface area contributed by atoms with Crippen molar-refractivity contribution >= 4 is 13.8 Å². The molecule has 0 radical (unpaired) electrons. The molecule has 18 heavy (non-hydrogen) atoms. The first kappa shape index (κ1) is 16.9. The van der Waals surface area contributed by atoms with E-state index in [2.05, 4.69) is 11.1 Å². The first-order valence-corrected chi connectivity index (χ1v) is 6.93. The molecule has 1 rings (SSSR count). The highest BCUT2D eigenvalue weighted by Gasteiger charge is 2.21. The lowest BCUT2D eigenvalue weighted by Gasteiger charge is -2.15. The molecule has 1 fully saturated rings. The molecule has 104 valence electrons. The van der Waals surface area contributed by atoms with Crippen LogP contribution in [0.2, 0.25) is 0 Å². The van der Waals surface area contributed by atoms with Crippen LogP contribution in [-0.4, -0.2) is 26.9 Å². The number of aliphatic carboxylic acids is 1. The summed E-state index contributed by atoms with van der Waals surface area (Å²) in [6, 6.07) is 0.536. The molecule has 0 spiro atoms. The average molecular weight is 279 g/mol. The third-order valence-electron chi connectivity index (χ3n) is 2.21. The smallest absolute Gasteiger partial charge is 0.475 e. The van der Waals surface area contributed by atoms with E-state index < -0.39 is 19.6 Å². The van der Waals surface area contributed by atoms with Crippen molar-refractivity contribution in [2.75, 3.05) is 0 Å². The summed E-state index contributed by atoms with van der Waals surface area (Å²) in [4.78, 5) is 26.2. The van der Waals surface area contributed by atoms with E-state index in [9.17, 15) is 9.36 Å². The van der Waals surface area contributed by atoms with Crippen molar-refractivity contribution in [3.05, 3.63) is 18.1 Å². The summed E-state index contributed by atoms with van der Waals surface area (Å²) < 4.78 is 13.7. The molecule has 8 heteroatoms. The minimum absolute atomic E-state index is 0.536. The van der Waals surface area contributed by atoms with Crippen LogP contribution in [0.1, 0.15) is 32.1 Å². The highest BCUT2D eigenvalue weighted by atomic mass is 31.2. The van der Waals surface area contributed by atoms with Crippen molar-refractivity contribution in [3.8, 4) is 0 Å². The van der Waals surface area contributed by atoms with Gasteiger partial charge in [0.15, 0.2) is 0 Å². The first-order valence-electron chi connectivity index (χ1n) is 5.40. The number of rotatable bonds is 3. The van der Waals surface area contributed by atoms with Gasteiger partial charge in [0.2, 0.25) is 0 Å². The summed E-state index contributed by atoms with van der Waals surface area (Å²) in [6.07, 6.45) is 6.66. The summed E-state index contributed by atoms with van der Waals surface area (Å²) in [5.41, 5.74) is 7.35. The van der Waals surface area contributed by atoms with Gasteiger partial charge in [0.1, 0.15) is 0 Å². The third-order valence-corrected chi connectivity index (χ3v) is 2.64. The molecular weight excluding hydrogens is 261 g/mol. The molecule has 0 aromatic carbocycles. The SMILES string of the molecule is C=C=C(OP(=O)(O)O)C(=O)O.NC1CCCCC1. The summed E-state index contributed by atoms with van der Waals surface area (Å²) in [6.45, 7) is 2.86. The molecular formula is C10H18NO6P. The van der Waals surface area contributed by atoms with Crippen LogP contribution < -0.4 is 5.73 Å². The van der Waals surface area contributed by atoms with Crippen molar-refractivity contribution < 1.29 is 28.8 Å². The van der Waals surface area contributed by atoms with Crippen molar-refractivity contribution in [2.24, 2.45) is 5.73 Å². The number of phosphoric ester groups is 1. The fourth-order valence-electron chi connectivity index (χ4n) is 1.40. The quantitative estimate of drug-likeness (QED) is 0.263. The van der Waals surface area contributed by atoms with Crippen molar-refractivity contribution in [1.29, 1.82) is 0 Å². The normalized spacial score (nSPS) is 15.9. The molecule has 1 saturated carbocycles. The Hall–Kier alpha value is -1.10. The molecule has 0 saturated heterocycles. The summed E-state index contributed by atoms with van der Waals surface area (Å²) >= 11 is 0. The Kier molecular flexibility index (Phi) is 7.59. The third kappa shape index (κ3) is 8.98. The molecule has 0 aromatic rings. The van der Waals surface area contributed by atoms with Gasteiger partial charge in [0, 0.05) is 6.04 Å². The Morgan fingerprint density at radius 1 is 1.33 bits per heavy atom. The van der Waals surface area contributed by atoms with E-state index in [1.807, 2.05) is 0 Å². The molecule has 1 aliphatic carbocycles. The summed E-state index contributed by atoms with van der Waals surface area (Å²) in [5, 5.41) is 8.13. The van der Waals surface area contributed by atoms with E-state index in [1.165, 1.54) is 32.1 Å². The highest BCUT2D eigenvalue weighted by Crippen LogP contribution is 2.38. The van der Waals surface area contributed by atoms with Crippen LogP contribution in [0.3, 0.4) is 0 Å². The number of carbonyl (C=O) groups is 1. The number of carboxylic acid groups (broad SMARTS) is 1. The molecule has 0 aliphatic heterocycles. The molecule has 0 bridgehead atoms. The molecule has 5 N–H and O–H groups in total. The number of hydrogen-bond acceptors (Lipinski definition) is 4. The van der Waals surface area contributed by atoms with Gasteiger partial charge in [-0.05, 0) is 12.8 Å². The molecule has 1 aliphatic rings. The Bertz CT molecular complexity index is 365. The van der Waals surface area contributed by atoms with Gasteiger partial charge in [-0.25, -0.2) is 9.36 Å². The predicted molar refractivity (Wildman–Crippen MR) is 64.5 cm³/mol. The average Bonchev–Trinajstić information content (AvgIpc) is 2.26. The van der Waals surface area contributed by atoms with Gasteiger partial charge in [-0.1, -0.05) is 31.6 Å². The van der Waals surface area contributed by atoms with Gasteiger partial charge < -0.3 is 15.4 Å². The van der Waals surface area contributed by atoms with Crippen LogP contribution in [0.25, 0.3) is 0 Å². The highest BCUT2D eigenvalue weighted by molar-refractivity contribution is 7.46. The molecule has 0 aromatic heterocycles. The van der Waals surface area contributed by atoms with Crippen molar-refractivity contribution in [2.45, 2.75) is 38.1 Å². The molecule has 0 unspecified atom stereocenters. The second-order valence-electron chi connectivity index (χ2n) is 3.79. The van der Waals surface area contributed by atoms with Crippen molar-refractivity contribution in [3.63, 3.8) is 0 Å². The number of hydrogen-bond donors (Lipinski definition) is 4. The maximum atomic E-state index is 10.0. The van der Waals surface area contributed by atoms with Gasteiger partial charge in [-0.3, -0.25) is 9.79 Å². The van der Waals surface area contributed by atoms with Crippen LogP contribution in [0.15, 0.2) is 18.1 Å². The van der Waals surface area contributed by atoms with Gasteiger partial charge in [-0.15, -0.1) is 0 Å². The zero-order valence-electron chi connectivity index (χ0n) is 9.91. The van der Waals surface area contributed by atoms with E-state index in [0.29, 0.717) is 6.04 Å². The van der Waals surface area contributed by atoms with E-state index in [4.69, 9.17) is 20.6 Å². The van der Waals surface area contributed by atoms with Crippen LogP contribution in [0.5, 0.6) is 0 Å². The van der Waals surface area contributed by atoms with Gasteiger partial charge in [0.05, 0.1) is 0 Å². The minimum Gasteiger partial charge on any atom is -0.475 e. The maximum absolute atomic E-state index is 10.0. The second-order valence-corrected chi connectivity index (χ2v) is 4.95. The lowest BCUT2D eigenvalue weighted by atomic mass is 9.97. The zero-order valence-corrected chi connectivity index (χ0v) is 10.8. The number of phosphoric acid groups is 1. The summed E-state index contributed by atoms with van der Waals surface area (Å²) in [7, 11) is -4.81. The molecule has 0 amide bonds. The number of carboxylic acids is 1. The van der Waals surface area contributed by atoms with Crippen molar-refractivity contribution in [1.82, 2.24) is 0 Å². The standard InChI is InChI=1S/C6H13N.C4H5O6P/c7-6-4-2-1-3-5-6;1-2-3(4(5)6)10-11(7,8)9/h6H,1-5,7H2;1H2,(H,5,6)(H2,7,8,9). The Balaban J connectivity index is 0.000000351. The topological polar surface area (TPSA) is 130 Å². The largest absolute Gasteiger partial charge is 0.525 e. The van der Waals surface area contributed by atoms with E-state index in [1.54, 1.807) is 5.73 Å². The lowest BCUT2D eigenvalue weighted by Crippen LogP contribution is -2.22. The predicted octanol–water partition coefficient (Wildman–Crippen LogP) is 1.13. The Morgan fingerprint density at radius 3 is 2.00 bits per heavy atom. The van der Waals surface area contributed by atoms with E-state index in [-0.39, 0.29) is 0 Å². The van der Waals surface area contributed by atoms with Crippen LogP contribution in [0, 0.1) is 0 Å². The van der Waals surface area contributed by atoms with Gasteiger partial charge in [-0.2, -0.15) is 0 Å². The fraction of sp³-hybridized carbons (Fsp3) is 0.600. The first-order chi connectivity index (χ1) is 8.26. The summed E-state index contributed by atoms with van der Waals surface area (Å²) in [5.74, 6) is -2.64. The molecule has 0 heterocycles. The monoisotopic (exact) mass is 279 g/mol. The Morgan fingerprint density at radius 2 is 1.83 bits per heavy atom. The lowest BCUT2D eigenvalue weighted by molar-refractivity contribution is -0.135. The Labute approximate surface area is 105 Å². The zero-order chi connectivity index (χ0) is 14.2. The van der Waals surface area contributed by atoms with E-state index >= 15 is 0 Å². The van der Waals surface area contributed by atoms with E-state index in [0.717, 1.165) is 0 Å². The maximum Gasteiger partial charge on any atom is 0.525 e. The minimum atomic E-state index is -4.81. The molecule has 0 atom stereocenters. The fourth-order valence-corrected chi connectivity index (χ4v) is 1.78. The molecule has 7 nitrogen and oxygen atoms in total. The second kappa shape index (κ2) is 8.08. The van der Waals surface area contributed by atoms with Crippen LogP contribution in [-0.2, 0) is 13.9 Å². The number of nitrogens with two attached hydrogens (primary N) is 1. The van der Waals surface area contributed by atoms with Gasteiger partial charge in [0.25, 0.3) is 5.76 Å². The van der Waals surface area contributed by atoms with Gasteiger partial charge >= 0.3 is 13.8 Å².